The zero-order chi connectivity index (χ0) is 20.5. The minimum atomic E-state index is -0.872. The Bertz CT molecular complexity index is 850. The van der Waals surface area contributed by atoms with E-state index in [1.165, 1.54) is 0 Å². The highest BCUT2D eigenvalue weighted by atomic mass is 16.9. The van der Waals surface area contributed by atoms with Gasteiger partial charge in [0.1, 0.15) is 0 Å². The summed E-state index contributed by atoms with van der Waals surface area (Å²) in [7, 11) is 0. The van der Waals surface area contributed by atoms with Crippen molar-refractivity contribution < 1.29 is 29.0 Å². The molecule has 8 nitrogen and oxygen atoms in total. The van der Waals surface area contributed by atoms with Gasteiger partial charge < -0.3 is 14.3 Å². The van der Waals surface area contributed by atoms with Crippen LogP contribution in [0.15, 0.2) is 36.4 Å². The lowest BCUT2D eigenvalue weighted by atomic mass is 9.97. The summed E-state index contributed by atoms with van der Waals surface area (Å²) >= 11 is 0. The van der Waals surface area contributed by atoms with Crippen molar-refractivity contribution in [2.24, 2.45) is 0 Å². The standard InChI is InChI=1S/C20H23NO7/c1-14-5-6-18-12-16(7-8-17(18)11-14)15(2)20(23)27-13-19(22)26-9-3-4-10-28-21(24)25/h5-8,11-12,15H,3-4,9-10,13H2,1-2H3. The van der Waals surface area contributed by atoms with Crippen molar-refractivity contribution in [1.29, 1.82) is 0 Å². The lowest BCUT2D eigenvalue weighted by Crippen LogP contribution is -2.20. The predicted molar refractivity (Wildman–Crippen MR) is 101 cm³/mol. The topological polar surface area (TPSA) is 105 Å². The molecule has 0 N–H and O–H groups in total. The molecule has 28 heavy (non-hydrogen) atoms. The van der Waals surface area contributed by atoms with Gasteiger partial charge in [-0.25, -0.2) is 4.79 Å². The smallest absolute Gasteiger partial charge is 0.344 e. The molecule has 0 aliphatic carbocycles. The van der Waals surface area contributed by atoms with Crippen molar-refractivity contribution in [2.75, 3.05) is 19.8 Å². The Morgan fingerprint density at radius 2 is 1.71 bits per heavy atom. The van der Waals surface area contributed by atoms with E-state index < -0.39 is 29.6 Å². The van der Waals surface area contributed by atoms with Crippen LogP contribution in [0.3, 0.4) is 0 Å². The minimum absolute atomic E-state index is 0.0532. The van der Waals surface area contributed by atoms with Crippen LogP contribution in [0, 0.1) is 17.0 Å². The molecular weight excluding hydrogens is 366 g/mol. The van der Waals surface area contributed by atoms with Gasteiger partial charge in [0, 0.05) is 0 Å². The van der Waals surface area contributed by atoms with Gasteiger partial charge in [-0.2, -0.15) is 0 Å². The van der Waals surface area contributed by atoms with Crippen molar-refractivity contribution in [3.8, 4) is 0 Å². The molecule has 0 fully saturated rings. The largest absolute Gasteiger partial charge is 0.463 e. The quantitative estimate of drug-likeness (QED) is 0.266. The van der Waals surface area contributed by atoms with Crippen molar-refractivity contribution in [2.45, 2.75) is 32.6 Å². The number of esters is 2. The fraction of sp³-hybridized carbons (Fsp3) is 0.400. The predicted octanol–water partition coefficient (Wildman–Crippen LogP) is 3.33. The molecule has 0 heterocycles. The van der Waals surface area contributed by atoms with Crippen LogP contribution in [0.5, 0.6) is 0 Å². The Hall–Kier alpha value is -3.16. The summed E-state index contributed by atoms with van der Waals surface area (Å²) in [5, 5.41) is 11.2. The number of benzene rings is 2. The van der Waals surface area contributed by atoms with E-state index in [9.17, 15) is 19.7 Å². The highest BCUT2D eigenvalue weighted by Gasteiger charge is 2.18. The number of fused-ring (bicyclic) bond motifs is 1. The third-order valence-electron chi connectivity index (χ3n) is 4.20. The molecule has 0 radical (unpaired) electrons. The summed E-state index contributed by atoms with van der Waals surface area (Å²) in [6.45, 7) is 3.30. The molecule has 2 aromatic carbocycles. The number of unbranched alkanes of at least 4 members (excludes halogenated alkanes) is 1. The molecule has 0 aliphatic rings. The fourth-order valence-electron chi connectivity index (χ4n) is 2.61. The molecule has 0 saturated heterocycles. The number of nitrogens with zero attached hydrogens (tertiary/aromatic N) is 1. The number of carbonyl (C=O) groups is 2. The van der Waals surface area contributed by atoms with E-state index in [4.69, 9.17) is 9.47 Å². The number of hydrogen-bond donors (Lipinski definition) is 0. The summed E-state index contributed by atoms with van der Waals surface area (Å²) in [4.78, 5) is 37.9. The van der Waals surface area contributed by atoms with Gasteiger partial charge in [0.05, 0.1) is 19.1 Å². The molecule has 0 bridgehead atoms. The SMILES string of the molecule is Cc1ccc2cc(C(C)C(=O)OCC(=O)OCCCCO[N+](=O)[O-])ccc2c1. The van der Waals surface area contributed by atoms with Gasteiger partial charge in [-0.3, -0.25) is 4.79 Å². The van der Waals surface area contributed by atoms with Crippen LogP contribution in [0.4, 0.5) is 0 Å². The molecule has 2 aromatic rings. The first-order valence-electron chi connectivity index (χ1n) is 8.96. The van der Waals surface area contributed by atoms with E-state index in [2.05, 4.69) is 10.9 Å². The average molecular weight is 389 g/mol. The Kier molecular flexibility index (Phi) is 7.74. The van der Waals surface area contributed by atoms with Gasteiger partial charge in [-0.05, 0) is 43.0 Å². The Labute approximate surface area is 162 Å². The van der Waals surface area contributed by atoms with Crippen LogP contribution in [-0.2, 0) is 23.9 Å². The van der Waals surface area contributed by atoms with E-state index in [1.54, 1.807) is 6.92 Å². The van der Waals surface area contributed by atoms with Crippen LogP contribution in [0.25, 0.3) is 10.8 Å². The van der Waals surface area contributed by atoms with Crippen LogP contribution in [0.2, 0.25) is 0 Å². The van der Waals surface area contributed by atoms with Crippen molar-refractivity contribution in [3.63, 3.8) is 0 Å². The normalized spacial score (nSPS) is 11.6. The van der Waals surface area contributed by atoms with Gasteiger partial charge in [-0.1, -0.05) is 42.0 Å². The zero-order valence-corrected chi connectivity index (χ0v) is 15.9. The third kappa shape index (κ3) is 6.53. The van der Waals surface area contributed by atoms with Gasteiger partial charge in [0.2, 0.25) is 0 Å². The maximum Gasteiger partial charge on any atom is 0.344 e. The van der Waals surface area contributed by atoms with Gasteiger partial charge >= 0.3 is 11.9 Å². The summed E-state index contributed by atoms with van der Waals surface area (Å²) in [5.74, 6) is -1.69. The molecule has 8 heteroatoms. The molecule has 1 atom stereocenters. The van der Waals surface area contributed by atoms with E-state index >= 15 is 0 Å². The first-order valence-corrected chi connectivity index (χ1v) is 8.96. The summed E-state index contributed by atoms with van der Waals surface area (Å²) in [5.41, 5.74) is 1.97. The van der Waals surface area contributed by atoms with Crippen LogP contribution < -0.4 is 0 Å². The van der Waals surface area contributed by atoms with Crippen LogP contribution in [0.1, 0.15) is 36.8 Å². The second-order valence-electron chi connectivity index (χ2n) is 6.42. The first kappa shape index (κ1) is 21.1. The molecule has 0 amide bonds. The molecule has 0 saturated carbocycles. The monoisotopic (exact) mass is 389 g/mol. The fourth-order valence-corrected chi connectivity index (χ4v) is 2.61. The summed E-state index contributed by atoms with van der Waals surface area (Å²) < 4.78 is 9.95. The average Bonchev–Trinajstić information content (AvgIpc) is 2.67. The third-order valence-corrected chi connectivity index (χ3v) is 4.20. The highest BCUT2D eigenvalue weighted by molar-refractivity contribution is 5.86. The molecule has 150 valence electrons. The van der Waals surface area contributed by atoms with E-state index in [1.807, 2.05) is 37.3 Å². The molecule has 2 rings (SSSR count). The van der Waals surface area contributed by atoms with E-state index in [0.717, 1.165) is 21.9 Å². The molecule has 0 aromatic heterocycles. The Balaban J connectivity index is 1.75. The van der Waals surface area contributed by atoms with Crippen molar-refractivity contribution >= 4 is 22.7 Å². The van der Waals surface area contributed by atoms with Crippen LogP contribution >= 0.6 is 0 Å². The Morgan fingerprint density at radius 1 is 1.04 bits per heavy atom. The van der Waals surface area contributed by atoms with E-state index in [-0.39, 0.29) is 13.2 Å². The molecule has 0 spiro atoms. The maximum absolute atomic E-state index is 12.2. The lowest BCUT2D eigenvalue weighted by Gasteiger charge is -2.13. The van der Waals surface area contributed by atoms with Gasteiger partial charge in [0.15, 0.2) is 6.61 Å². The molecule has 1 unspecified atom stereocenters. The maximum atomic E-state index is 12.2. The number of hydrogen-bond acceptors (Lipinski definition) is 7. The second-order valence-corrected chi connectivity index (χ2v) is 6.42. The minimum Gasteiger partial charge on any atom is -0.463 e. The van der Waals surface area contributed by atoms with Crippen LogP contribution in [-0.4, -0.2) is 36.8 Å². The second kappa shape index (κ2) is 10.2. The summed E-state index contributed by atoms with van der Waals surface area (Å²) in [6.07, 6.45) is 0.799. The van der Waals surface area contributed by atoms with E-state index in [0.29, 0.717) is 12.8 Å². The van der Waals surface area contributed by atoms with Gasteiger partial charge in [0.25, 0.3) is 5.09 Å². The summed E-state index contributed by atoms with van der Waals surface area (Å²) in [6, 6.07) is 11.8. The number of rotatable bonds is 10. The number of aryl methyl sites for hydroxylation is 1. The number of carbonyl (C=O) groups excluding carboxylic acids is 2. The highest BCUT2D eigenvalue weighted by Crippen LogP contribution is 2.23. The lowest BCUT2D eigenvalue weighted by molar-refractivity contribution is -0.757. The Morgan fingerprint density at radius 3 is 2.46 bits per heavy atom. The van der Waals surface area contributed by atoms with Crippen molar-refractivity contribution in [1.82, 2.24) is 0 Å². The molecular formula is C20H23NO7. The van der Waals surface area contributed by atoms with Gasteiger partial charge in [-0.15, -0.1) is 10.1 Å². The molecule has 0 aliphatic heterocycles. The van der Waals surface area contributed by atoms with Crippen molar-refractivity contribution in [3.05, 3.63) is 57.6 Å². The zero-order valence-electron chi connectivity index (χ0n) is 15.9. The first-order chi connectivity index (χ1) is 13.4. The number of ether oxygens (including phenoxy) is 2.